The van der Waals surface area contributed by atoms with Gasteiger partial charge in [-0.3, -0.25) is 0 Å². The molecule has 0 aromatic heterocycles. The quantitative estimate of drug-likeness (QED) is 0.730. The Labute approximate surface area is 89.5 Å². The molecular formula is C8H17O4PS. The van der Waals surface area contributed by atoms with Crippen LogP contribution in [0, 0.1) is 5.92 Å². The summed E-state index contributed by atoms with van der Waals surface area (Å²) in [5.74, 6) is 0.332. The first-order chi connectivity index (χ1) is 6.23. The zero-order valence-electron chi connectivity index (χ0n) is 8.64. The summed E-state index contributed by atoms with van der Waals surface area (Å²) in [4.78, 5) is 17.9. The van der Waals surface area contributed by atoms with E-state index in [2.05, 4.69) is 18.7 Å². The number of hydrogen-bond donors (Lipinski definition) is 2. The van der Waals surface area contributed by atoms with Gasteiger partial charge in [0.05, 0.1) is 18.3 Å². The van der Waals surface area contributed by atoms with Crippen LogP contribution < -0.4 is 0 Å². The van der Waals surface area contributed by atoms with Crippen molar-refractivity contribution in [2.45, 2.75) is 38.9 Å². The van der Waals surface area contributed by atoms with Gasteiger partial charge in [0.2, 0.25) is 0 Å². The second-order valence-corrected chi connectivity index (χ2v) is 6.81. The third kappa shape index (κ3) is 3.26. The highest BCUT2D eigenvalue weighted by molar-refractivity contribution is 8.06. The molecule has 1 saturated heterocycles. The van der Waals surface area contributed by atoms with Crippen molar-refractivity contribution >= 4 is 18.5 Å². The van der Waals surface area contributed by atoms with Crippen LogP contribution in [0.15, 0.2) is 0 Å². The molecule has 1 fully saturated rings. The van der Waals surface area contributed by atoms with Crippen LogP contribution in [-0.2, 0) is 21.1 Å². The molecule has 1 heterocycles. The van der Waals surface area contributed by atoms with E-state index in [1.807, 2.05) is 13.8 Å². The van der Waals surface area contributed by atoms with Crippen molar-refractivity contribution in [1.29, 1.82) is 0 Å². The Balaban J connectivity index is 2.54. The van der Waals surface area contributed by atoms with Crippen LogP contribution in [0.3, 0.4) is 0 Å². The summed E-state index contributed by atoms with van der Waals surface area (Å²) in [6.07, 6.45) is 1.15. The molecule has 0 amide bonds. The van der Waals surface area contributed by atoms with Crippen molar-refractivity contribution in [3.63, 3.8) is 0 Å². The minimum absolute atomic E-state index is 0.142. The van der Waals surface area contributed by atoms with Crippen molar-refractivity contribution in [3.05, 3.63) is 0 Å². The monoisotopic (exact) mass is 240 g/mol. The smallest absolute Gasteiger partial charge is 0.321 e. The lowest BCUT2D eigenvalue weighted by atomic mass is 9.91. The molecular weight excluding hydrogens is 223 g/mol. The zero-order valence-corrected chi connectivity index (χ0v) is 10.3. The fourth-order valence-corrected chi connectivity index (χ4v) is 2.34. The van der Waals surface area contributed by atoms with Gasteiger partial charge in [0.25, 0.3) is 0 Å². The highest BCUT2D eigenvalue weighted by atomic mass is 32.5. The summed E-state index contributed by atoms with van der Waals surface area (Å²) in [5, 5.41) is 0. The summed E-state index contributed by atoms with van der Waals surface area (Å²) in [6.45, 7) is 2.55. The topological polar surface area (TPSA) is 58.9 Å². The molecule has 14 heavy (non-hydrogen) atoms. The van der Waals surface area contributed by atoms with E-state index in [-0.39, 0.29) is 12.7 Å². The maximum absolute atomic E-state index is 8.95. The van der Waals surface area contributed by atoms with E-state index in [1.165, 1.54) is 0 Å². The minimum Gasteiger partial charge on any atom is -0.370 e. The van der Waals surface area contributed by atoms with Gasteiger partial charge >= 0.3 is 6.72 Å². The average molecular weight is 240 g/mol. The molecule has 6 heteroatoms. The van der Waals surface area contributed by atoms with Crippen molar-refractivity contribution < 1.29 is 19.0 Å². The summed E-state index contributed by atoms with van der Waals surface area (Å²) in [6, 6.07) is 0. The Hall–Kier alpha value is 0.490. The first-order valence-corrected chi connectivity index (χ1v) is 7.23. The molecule has 0 saturated carbocycles. The largest absolute Gasteiger partial charge is 0.370 e. The van der Waals surface area contributed by atoms with Crippen LogP contribution in [0.25, 0.3) is 0 Å². The lowest BCUT2D eigenvalue weighted by Crippen LogP contribution is -2.35. The summed E-state index contributed by atoms with van der Waals surface area (Å²) < 4.78 is 10.5. The summed E-state index contributed by atoms with van der Waals surface area (Å²) in [7, 11) is 0. The van der Waals surface area contributed by atoms with Crippen LogP contribution in [0.4, 0.5) is 0 Å². The maximum atomic E-state index is 8.95. The molecule has 84 valence electrons. The maximum Gasteiger partial charge on any atom is 0.321 e. The lowest BCUT2D eigenvalue weighted by Gasteiger charge is -2.28. The van der Waals surface area contributed by atoms with Gasteiger partial charge in [-0.15, -0.1) is 0 Å². The number of ether oxygens (including phenoxy) is 1. The molecule has 1 rings (SSSR count). The van der Waals surface area contributed by atoms with Gasteiger partial charge in [0.15, 0.2) is 0 Å². The van der Waals surface area contributed by atoms with Crippen LogP contribution >= 0.6 is 6.72 Å². The SMILES string of the molecule is C[C@H]1C[C@H](C)[C@@](C)(COP(O)(O)=S)O1. The molecule has 0 bridgehead atoms. The van der Waals surface area contributed by atoms with Gasteiger partial charge in [0, 0.05) is 0 Å². The predicted molar refractivity (Wildman–Crippen MR) is 57.4 cm³/mol. The second-order valence-electron chi connectivity index (χ2n) is 4.14. The zero-order chi connectivity index (χ0) is 11.0. The van der Waals surface area contributed by atoms with Gasteiger partial charge < -0.3 is 19.0 Å². The molecule has 2 N–H and O–H groups in total. The highest BCUT2D eigenvalue weighted by Gasteiger charge is 2.41. The minimum atomic E-state index is -3.55. The molecule has 0 spiro atoms. The van der Waals surface area contributed by atoms with E-state index in [4.69, 9.17) is 19.0 Å². The van der Waals surface area contributed by atoms with Crippen LogP contribution in [0.1, 0.15) is 27.2 Å². The van der Waals surface area contributed by atoms with Crippen molar-refractivity contribution in [2.24, 2.45) is 5.92 Å². The van der Waals surface area contributed by atoms with E-state index in [1.54, 1.807) is 0 Å². The van der Waals surface area contributed by atoms with Gasteiger partial charge in [0.1, 0.15) is 0 Å². The molecule has 0 aliphatic carbocycles. The van der Waals surface area contributed by atoms with E-state index in [0.29, 0.717) is 5.92 Å². The molecule has 0 unspecified atom stereocenters. The molecule has 3 atom stereocenters. The molecule has 4 nitrogen and oxygen atoms in total. The number of rotatable bonds is 3. The van der Waals surface area contributed by atoms with Crippen LogP contribution in [0.2, 0.25) is 0 Å². The molecule has 0 radical (unpaired) electrons. The number of hydrogen-bond acceptors (Lipinski definition) is 3. The van der Waals surface area contributed by atoms with Gasteiger partial charge in [-0.1, -0.05) is 6.92 Å². The lowest BCUT2D eigenvalue weighted by molar-refractivity contribution is -0.0655. The predicted octanol–water partition coefficient (Wildman–Crippen LogP) is 1.42. The van der Waals surface area contributed by atoms with Gasteiger partial charge in [-0.25, -0.2) is 0 Å². The second kappa shape index (κ2) is 4.16. The van der Waals surface area contributed by atoms with Gasteiger partial charge in [-0.05, 0) is 38.0 Å². The fraction of sp³-hybridized carbons (Fsp3) is 1.00. The van der Waals surface area contributed by atoms with Crippen molar-refractivity contribution in [1.82, 2.24) is 0 Å². The molecule has 1 aliphatic rings. The highest BCUT2D eigenvalue weighted by Crippen LogP contribution is 2.42. The molecule has 0 aromatic rings. The van der Waals surface area contributed by atoms with Crippen molar-refractivity contribution in [2.75, 3.05) is 6.61 Å². The van der Waals surface area contributed by atoms with Gasteiger partial charge in [-0.2, -0.15) is 0 Å². The molecule has 0 aromatic carbocycles. The van der Waals surface area contributed by atoms with E-state index < -0.39 is 12.3 Å². The van der Waals surface area contributed by atoms with E-state index in [9.17, 15) is 0 Å². The Kier molecular flexibility index (Phi) is 3.73. The van der Waals surface area contributed by atoms with E-state index in [0.717, 1.165) is 6.42 Å². The van der Waals surface area contributed by atoms with Crippen LogP contribution in [-0.4, -0.2) is 28.1 Å². The van der Waals surface area contributed by atoms with Crippen LogP contribution in [0.5, 0.6) is 0 Å². The summed E-state index contributed by atoms with van der Waals surface area (Å²) in [5.41, 5.74) is -0.449. The first-order valence-electron chi connectivity index (χ1n) is 4.61. The standard InChI is InChI=1S/C8H17O4PS/c1-6-4-7(2)12-8(6,3)5-11-13(9,10)14/h6-7H,4-5H2,1-3H3,(H2,9,10,14)/t6-,7-,8+/m0/s1. The van der Waals surface area contributed by atoms with Crippen molar-refractivity contribution in [3.8, 4) is 0 Å². The Morgan fingerprint density at radius 3 is 2.50 bits per heavy atom. The fourth-order valence-electron chi connectivity index (χ4n) is 1.76. The first kappa shape index (κ1) is 12.6. The third-order valence-electron chi connectivity index (χ3n) is 2.72. The normalized spacial score (nSPS) is 38.9. The summed E-state index contributed by atoms with van der Waals surface area (Å²) >= 11 is 4.38. The Morgan fingerprint density at radius 2 is 2.14 bits per heavy atom. The van der Waals surface area contributed by atoms with E-state index >= 15 is 0 Å². The Bertz CT molecular complexity index is 254. The molecule has 1 aliphatic heterocycles. The Morgan fingerprint density at radius 1 is 1.57 bits per heavy atom. The average Bonchev–Trinajstić information content (AvgIpc) is 2.22. The third-order valence-corrected chi connectivity index (χ3v) is 3.50.